The van der Waals surface area contributed by atoms with Gasteiger partial charge in [-0.3, -0.25) is 9.78 Å². The van der Waals surface area contributed by atoms with Gasteiger partial charge >= 0.3 is 6.18 Å². The quantitative estimate of drug-likeness (QED) is 0.168. The Morgan fingerprint density at radius 2 is 1.93 bits per heavy atom. The molecule has 43 heavy (non-hydrogen) atoms. The van der Waals surface area contributed by atoms with E-state index in [9.17, 15) is 27.5 Å². The van der Waals surface area contributed by atoms with Crippen molar-refractivity contribution in [3.63, 3.8) is 0 Å². The number of aromatic nitrogens is 2. The molecule has 3 heterocycles. The van der Waals surface area contributed by atoms with Crippen LogP contribution in [0.3, 0.4) is 0 Å². The highest BCUT2D eigenvalue weighted by atomic mass is 19.4. The van der Waals surface area contributed by atoms with Crippen molar-refractivity contribution in [2.75, 3.05) is 27.4 Å². The summed E-state index contributed by atoms with van der Waals surface area (Å²) in [6, 6.07) is 12.1. The van der Waals surface area contributed by atoms with Crippen molar-refractivity contribution >= 4 is 23.0 Å². The fourth-order valence-corrected chi connectivity index (χ4v) is 4.79. The average molecular weight is 599 g/mol. The van der Waals surface area contributed by atoms with E-state index in [4.69, 9.17) is 14.3 Å². The molecular formula is C30H26F4N4O5. The standard InChI is InChI=1S/C30H26F4N4O5/c1-28(14-37-42-3)16-43-26-21(28)13-23(38-25(26)17-6-8-20(31)9-7-17)29(40,30(32,33)34)15-36-27(39)19-11-18-5-4-10-35-24(18)22(12-19)41-2/h4-14,40H,15-16H2,1-3H3,(H,36,39)/b37-14+/t28-,29?/m0/s1. The summed E-state index contributed by atoms with van der Waals surface area (Å²) in [5.74, 6) is -1.07. The van der Waals surface area contributed by atoms with E-state index in [1.807, 2.05) is 0 Å². The molecule has 0 saturated heterocycles. The molecule has 9 nitrogen and oxygen atoms in total. The second-order valence-corrected chi connectivity index (χ2v) is 10.2. The summed E-state index contributed by atoms with van der Waals surface area (Å²) < 4.78 is 69.0. The van der Waals surface area contributed by atoms with E-state index in [1.54, 1.807) is 19.1 Å². The maximum Gasteiger partial charge on any atom is 0.424 e. The summed E-state index contributed by atoms with van der Waals surface area (Å²) in [6.45, 7) is 0.366. The molecule has 224 valence electrons. The van der Waals surface area contributed by atoms with Crippen molar-refractivity contribution in [3.05, 3.63) is 83.4 Å². The number of nitrogens with zero attached hydrogens (tertiary/aromatic N) is 3. The van der Waals surface area contributed by atoms with E-state index in [2.05, 4.69) is 20.4 Å². The largest absolute Gasteiger partial charge is 0.494 e. The zero-order chi connectivity index (χ0) is 31.0. The maximum absolute atomic E-state index is 14.7. The van der Waals surface area contributed by atoms with Crippen LogP contribution in [0.1, 0.15) is 28.5 Å². The topological polar surface area (TPSA) is 115 Å². The van der Waals surface area contributed by atoms with Gasteiger partial charge in [-0.05, 0) is 55.5 Å². The number of carbonyl (C=O) groups is 1. The number of carbonyl (C=O) groups excluding carboxylic acids is 1. The fourth-order valence-electron chi connectivity index (χ4n) is 4.79. The van der Waals surface area contributed by atoms with Crippen LogP contribution < -0.4 is 14.8 Å². The molecule has 0 saturated carbocycles. The maximum atomic E-state index is 14.7. The zero-order valence-electron chi connectivity index (χ0n) is 23.2. The number of hydrogen-bond acceptors (Lipinski definition) is 8. The first kappa shape index (κ1) is 29.7. The fraction of sp³-hybridized carbons (Fsp3) is 0.267. The Hall–Kier alpha value is -4.78. The van der Waals surface area contributed by atoms with Gasteiger partial charge in [-0.15, -0.1) is 0 Å². The highest BCUT2D eigenvalue weighted by Crippen LogP contribution is 2.47. The van der Waals surface area contributed by atoms with E-state index < -0.39 is 41.2 Å². The molecule has 0 spiro atoms. The number of aliphatic hydroxyl groups is 1. The van der Waals surface area contributed by atoms with Crippen molar-refractivity contribution in [3.8, 4) is 22.8 Å². The molecular weight excluding hydrogens is 572 g/mol. The first-order valence-corrected chi connectivity index (χ1v) is 12.9. The van der Waals surface area contributed by atoms with Crippen molar-refractivity contribution in [1.29, 1.82) is 0 Å². The van der Waals surface area contributed by atoms with Gasteiger partial charge in [0, 0.05) is 28.3 Å². The number of amides is 1. The predicted octanol–water partition coefficient (Wildman–Crippen LogP) is 4.91. The van der Waals surface area contributed by atoms with E-state index in [0.717, 1.165) is 18.2 Å². The van der Waals surface area contributed by atoms with Gasteiger partial charge in [-0.25, -0.2) is 9.37 Å². The summed E-state index contributed by atoms with van der Waals surface area (Å²) in [5, 5.41) is 17.8. The molecule has 0 bridgehead atoms. The number of oxime groups is 1. The summed E-state index contributed by atoms with van der Waals surface area (Å²) in [7, 11) is 2.69. The highest BCUT2D eigenvalue weighted by Gasteiger charge is 2.57. The number of fused-ring (bicyclic) bond motifs is 2. The van der Waals surface area contributed by atoms with E-state index in [0.29, 0.717) is 10.9 Å². The smallest absolute Gasteiger partial charge is 0.424 e. The lowest BCUT2D eigenvalue weighted by atomic mass is 9.83. The molecule has 2 aromatic carbocycles. The second-order valence-electron chi connectivity index (χ2n) is 10.2. The van der Waals surface area contributed by atoms with Gasteiger partial charge in [0.25, 0.3) is 5.91 Å². The van der Waals surface area contributed by atoms with Gasteiger partial charge < -0.3 is 24.7 Å². The van der Waals surface area contributed by atoms with Crippen LogP contribution in [0.4, 0.5) is 17.6 Å². The first-order valence-electron chi connectivity index (χ1n) is 12.9. The average Bonchev–Trinajstić information content (AvgIpc) is 3.33. The molecule has 1 aliphatic heterocycles. The SMILES string of the molecule is CO/N=C/[C@@]1(C)COc2c1cc(C(O)(CNC(=O)c1cc(OC)c3ncccc3c1)C(F)(F)F)nc2-c1ccc(F)cc1. The van der Waals surface area contributed by atoms with Crippen LogP contribution in [0.25, 0.3) is 22.2 Å². The summed E-state index contributed by atoms with van der Waals surface area (Å²) in [4.78, 5) is 26.3. The molecule has 0 radical (unpaired) electrons. The molecule has 13 heteroatoms. The second kappa shape index (κ2) is 11.1. The third kappa shape index (κ3) is 5.43. The number of rotatable bonds is 8. The van der Waals surface area contributed by atoms with Gasteiger partial charge in [0.1, 0.15) is 42.2 Å². The Labute approximate surface area is 243 Å². The third-order valence-corrected chi connectivity index (χ3v) is 7.21. The van der Waals surface area contributed by atoms with Crippen LogP contribution >= 0.6 is 0 Å². The molecule has 0 aliphatic carbocycles. The molecule has 1 unspecified atom stereocenters. The Bertz CT molecular complexity index is 1710. The summed E-state index contributed by atoms with van der Waals surface area (Å²) >= 11 is 0. The number of ether oxygens (including phenoxy) is 2. The molecule has 4 aromatic rings. The number of methoxy groups -OCH3 is 1. The molecule has 0 fully saturated rings. The molecule has 1 aliphatic rings. The number of alkyl halides is 3. The number of halogens is 4. The van der Waals surface area contributed by atoms with Crippen LogP contribution in [0.15, 0.2) is 65.9 Å². The summed E-state index contributed by atoms with van der Waals surface area (Å²) in [6.07, 6.45) is -2.38. The van der Waals surface area contributed by atoms with Crippen molar-refractivity contribution < 1.29 is 41.8 Å². The number of pyridine rings is 2. The Morgan fingerprint density at radius 1 is 1.19 bits per heavy atom. The predicted molar refractivity (Wildman–Crippen MR) is 149 cm³/mol. The lowest BCUT2D eigenvalue weighted by Crippen LogP contribution is -2.51. The van der Waals surface area contributed by atoms with Crippen molar-refractivity contribution in [2.45, 2.75) is 24.1 Å². The molecule has 5 rings (SSSR count). The van der Waals surface area contributed by atoms with Crippen LogP contribution in [0.5, 0.6) is 11.5 Å². The Kier molecular flexibility index (Phi) is 7.69. The van der Waals surface area contributed by atoms with Crippen LogP contribution in [0, 0.1) is 5.82 Å². The third-order valence-electron chi connectivity index (χ3n) is 7.21. The van der Waals surface area contributed by atoms with E-state index in [1.165, 1.54) is 50.9 Å². The lowest BCUT2D eigenvalue weighted by Gasteiger charge is -2.31. The first-order chi connectivity index (χ1) is 20.4. The van der Waals surface area contributed by atoms with Gasteiger partial charge in [-0.2, -0.15) is 13.2 Å². The molecule has 2 aromatic heterocycles. The molecule has 1 amide bonds. The number of nitrogens with one attached hydrogen (secondary N) is 1. The van der Waals surface area contributed by atoms with Crippen molar-refractivity contribution in [1.82, 2.24) is 15.3 Å². The highest BCUT2D eigenvalue weighted by molar-refractivity contribution is 6.00. The monoisotopic (exact) mass is 598 g/mol. The van der Waals surface area contributed by atoms with E-state index >= 15 is 0 Å². The van der Waals surface area contributed by atoms with Crippen LogP contribution in [-0.2, 0) is 15.9 Å². The minimum atomic E-state index is -5.29. The van der Waals surface area contributed by atoms with Gasteiger partial charge in [0.2, 0.25) is 5.60 Å². The minimum absolute atomic E-state index is 0.00691. The zero-order valence-corrected chi connectivity index (χ0v) is 23.2. The minimum Gasteiger partial charge on any atom is -0.494 e. The van der Waals surface area contributed by atoms with Gasteiger partial charge in [0.05, 0.1) is 31.0 Å². The summed E-state index contributed by atoms with van der Waals surface area (Å²) in [5.41, 5.74) is -4.63. The molecule has 2 N–H and O–H groups in total. The van der Waals surface area contributed by atoms with Gasteiger partial charge in [-0.1, -0.05) is 11.2 Å². The van der Waals surface area contributed by atoms with E-state index in [-0.39, 0.29) is 40.5 Å². The van der Waals surface area contributed by atoms with Crippen LogP contribution in [0.2, 0.25) is 0 Å². The normalized spacial score (nSPS) is 17.8. The Morgan fingerprint density at radius 3 is 2.60 bits per heavy atom. The van der Waals surface area contributed by atoms with Gasteiger partial charge in [0.15, 0.2) is 0 Å². The number of hydrogen-bond donors (Lipinski definition) is 2. The number of benzene rings is 2. The Balaban J connectivity index is 1.59. The lowest BCUT2D eigenvalue weighted by molar-refractivity contribution is -0.265. The van der Waals surface area contributed by atoms with Crippen LogP contribution in [-0.4, -0.2) is 60.7 Å². The molecule has 2 atom stereocenters. The van der Waals surface area contributed by atoms with Crippen molar-refractivity contribution in [2.24, 2.45) is 5.16 Å².